The second kappa shape index (κ2) is 8.39. The molecule has 3 aromatic heterocycles. The lowest BCUT2D eigenvalue weighted by molar-refractivity contribution is 0.0713. The number of benzene rings is 1. The summed E-state index contributed by atoms with van der Waals surface area (Å²) in [6.07, 6.45) is 4.14. The number of nitrogens with one attached hydrogen (secondary N) is 1. The number of hydrogen-bond donors (Lipinski definition) is 1. The molecule has 8 heteroatoms. The first-order chi connectivity index (χ1) is 14.2. The zero-order chi connectivity index (χ0) is 20.1. The Morgan fingerprint density at radius 1 is 1.17 bits per heavy atom. The SMILES string of the molecule is CC(Oc1ccccc1)C(=O)n1nc(-c2cccnc2)nc1NCc1ccco1. The van der Waals surface area contributed by atoms with Crippen molar-refractivity contribution in [3.05, 3.63) is 79.0 Å². The predicted octanol–water partition coefficient (Wildman–Crippen LogP) is 3.65. The van der Waals surface area contributed by atoms with Crippen molar-refractivity contribution >= 4 is 11.9 Å². The third-order valence-corrected chi connectivity index (χ3v) is 4.14. The van der Waals surface area contributed by atoms with Crippen molar-refractivity contribution < 1.29 is 13.9 Å². The number of rotatable bonds is 7. The first-order valence-corrected chi connectivity index (χ1v) is 9.10. The van der Waals surface area contributed by atoms with Crippen molar-refractivity contribution in [2.75, 3.05) is 5.32 Å². The molecule has 4 rings (SSSR count). The average molecular weight is 389 g/mol. The van der Waals surface area contributed by atoms with Crippen molar-refractivity contribution in [2.24, 2.45) is 0 Å². The van der Waals surface area contributed by atoms with Gasteiger partial charge >= 0.3 is 0 Å². The molecule has 0 aliphatic carbocycles. The summed E-state index contributed by atoms with van der Waals surface area (Å²) in [6, 6.07) is 16.4. The highest BCUT2D eigenvalue weighted by atomic mass is 16.5. The number of hydrogen-bond acceptors (Lipinski definition) is 7. The number of ether oxygens (including phenoxy) is 1. The van der Waals surface area contributed by atoms with Crippen LogP contribution in [-0.4, -0.2) is 31.8 Å². The normalized spacial score (nSPS) is 11.8. The van der Waals surface area contributed by atoms with E-state index in [0.717, 1.165) is 0 Å². The van der Waals surface area contributed by atoms with E-state index in [1.165, 1.54) is 4.68 Å². The Balaban J connectivity index is 1.60. The molecular formula is C21H19N5O3. The number of anilines is 1. The number of nitrogens with zero attached hydrogens (tertiary/aromatic N) is 4. The molecule has 0 radical (unpaired) electrons. The highest BCUT2D eigenvalue weighted by Gasteiger charge is 2.23. The molecule has 0 saturated heterocycles. The van der Waals surface area contributed by atoms with Gasteiger partial charge in [0.25, 0.3) is 5.91 Å². The molecular weight excluding hydrogens is 370 g/mol. The van der Waals surface area contributed by atoms with Crippen LogP contribution in [0.4, 0.5) is 5.95 Å². The predicted molar refractivity (Wildman–Crippen MR) is 106 cm³/mol. The molecule has 0 fully saturated rings. The minimum atomic E-state index is -0.759. The Morgan fingerprint density at radius 3 is 2.76 bits per heavy atom. The second-order valence-corrected chi connectivity index (χ2v) is 6.26. The molecule has 4 aromatic rings. The third kappa shape index (κ3) is 4.32. The Labute approximate surface area is 167 Å². The molecule has 0 amide bonds. The van der Waals surface area contributed by atoms with Crippen LogP contribution >= 0.6 is 0 Å². The van der Waals surface area contributed by atoms with Crippen LogP contribution in [-0.2, 0) is 6.54 Å². The zero-order valence-corrected chi connectivity index (χ0v) is 15.7. The molecule has 1 N–H and O–H groups in total. The molecule has 8 nitrogen and oxygen atoms in total. The van der Waals surface area contributed by atoms with Gasteiger partial charge < -0.3 is 14.5 Å². The fraction of sp³-hybridized carbons (Fsp3) is 0.143. The number of aromatic nitrogens is 4. The third-order valence-electron chi connectivity index (χ3n) is 4.14. The summed E-state index contributed by atoms with van der Waals surface area (Å²) in [4.78, 5) is 21.6. The van der Waals surface area contributed by atoms with Gasteiger partial charge in [0, 0.05) is 18.0 Å². The van der Waals surface area contributed by atoms with Crippen LogP contribution < -0.4 is 10.1 Å². The average Bonchev–Trinajstić information content (AvgIpc) is 3.43. The van der Waals surface area contributed by atoms with Crippen LogP contribution in [0, 0.1) is 0 Å². The molecule has 0 aliphatic rings. The molecule has 1 atom stereocenters. The first kappa shape index (κ1) is 18.4. The topological polar surface area (TPSA) is 95.1 Å². The molecule has 146 valence electrons. The van der Waals surface area contributed by atoms with E-state index in [1.54, 1.807) is 49.8 Å². The van der Waals surface area contributed by atoms with Crippen molar-refractivity contribution in [2.45, 2.75) is 19.6 Å². The Kier molecular flexibility index (Phi) is 5.33. The van der Waals surface area contributed by atoms with Gasteiger partial charge in [-0.05, 0) is 43.3 Å². The minimum absolute atomic E-state index is 0.300. The summed E-state index contributed by atoms with van der Waals surface area (Å²) < 4.78 is 12.3. The lowest BCUT2D eigenvalue weighted by Crippen LogP contribution is -2.31. The smallest absolute Gasteiger partial charge is 0.290 e. The van der Waals surface area contributed by atoms with Gasteiger partial charge in [0.05, 0.1) is 12.8 Å². The Morgan fingerprint density at radius 2 is 2.03 bits per heavy atom. The number of carbonyl (C=O) groups excluding carboxylic acids is 1. The van der Waals surface area contributed by atoms with E-state index in [4.69, 9.17) is 9.15 Å². The summed E-state index contributed by atoms with van der Waals surface area (Å²) in [5.41, 5.74) is 0.705. The molecule has 1 unspecified atom stereocenters. The number of furan rings is 1. The van der Waals surface area contributed by atoms with Gasteiger partial charge in [-0.3, -0.25) is 9.78 Å². The zero-order valence-electron chi connectivity index (χ0n) is 15.7. The van der Waals surface area contributed by atoms with E-state index < -0.39 is 6.10 Å². The maximum atomic E-state index is 13.0. The van der Waals surface area contributed by atoms with Crippen LogP contribution in [0.5, 0.6) is 5.75 Å². The van der Waals surface area contributed by atoms with Gasteiger partial charge in [0.1, 0.15) is 11.5 Å². The molecule has 0 aliphatic heterocycles. The molecule has 3 heterocycles. The first-order valence-electron chi connectivity index (χ1n) is 9.10. The maximum absolute atomic E-state index is 13.0. The molecule has 0 saturated carbocycles. The van der Waals surface area contributed by atoms with Crippen LogP contribution in [0.2, 0.25) is 0 Å². The summed E-state index contributed by atoms with van der Waals surface area (Å²) in [5.74, 6) is 1.65. The lowest BCUT2D eigenvalue weighted by Gasteiger charge is -2.14. The van der Waals surface area contributed by atoms with E-state index in [1.807, 2.05) is 30.3 Å². The second-order valence-electron chi connectivity index (χ2n) is 6.26. The Bertz CT molecular complexity index is 1060. The van der Waals surface area contributed by atoms with Crippen molar-refractivity contribution in [3.63, 3.8) is 0 Å². The summed E-state index contributed by atoms with van der Waals surface area (Å²) in [5, 5.41) is 7.49. The number of para-hydroxylation sites is 1. The van der Waals surface area contributed by atoms with Gasteiger partial charge in [-0.2, -0.15) is 9.67 Å². The van der Waals surface area contributed by atoms with Crippen LogP contribution in [0.25, 0.3) is 11.4 Å². The number of carbonyl (C=O) groups is 1. The largest absolute Gasteiger partial charge is 0.481 e. The molecule has 0 bridgehead atoms. The van der Waals surface area contributed by atoms with E-state index in [0.29, 0.717) is 35.4 Å². The van der Waals surface area contributed by atoms with E-state index in [-0.39, 0.29) is 5.91 Å². The van der Waals surface area contributed by atoms with E-state index in [2.05, 4.69) is 20.4 Å². The van der Waals surface area contributed by atoms with Crippen molar-refractivity contribution in [1.29, 1.82) is 0 Å². The van der Waals surface area contributed by atoms with Crippen LogP contribution in [0.15, 0.2) is 77.7 Å². The number of pyridine rings is 1. The quantitative estimate of drug-likeness (QED) is 0.515. The molecule has 29 heavy (non-hydrogen) atoms. The van der Waals surface area contributed by atoms with E-state index in [9.17, 15) is 4.79 Å². The minimum Gasteiger partial charge on any atom is -0.481 e. The van der Waals surface area contributed by atoms with Crippen LogP contribution in [0.3, 0.4) is 0 Å². The highest BCUT2D eigenvalue weighted by molar-refractivity contribution is 5.85. The molecule has 1 aromatic carbocycles. The van der Waals surface area contributed by atoms with Crippen molar-refractivity contribution in [1.82, 2.24) is 19.7 Å². The van der Waals surface area contributed by atoms with Gasteiger partial charge in [-0.1, -0.05) is 18.2 Å². The standard InChI is InChI=1S/C21H19N5O3/c1-15(29-17-8-3-2-4-9-17)20(27)26-21(23-14-18-10-6-12-28-18)24-19(25-26)16-7-5-11-22-13-16/h2-13,15H,14H2,1H3,(H,23,24,25). The van der Waals surface area contributed by atoms with Gasteiger partial charge in [-0.15, -0.1) is 5.10 Å². The van der Waals surface area contributed by atoms with Crippen LogP contribution in [0.1, 0.15) is 17.5 Å². The fourth-order valence-electron chi connectivity index (χ4n) is 2.70. The summed E-state index contributed by atoms with van der Waals surface area (Å²) in [6.45, 7) is 2.04. The fourth-order valence-corrected chi connectivity index (χ4v) is 2.70. The van der Waals surface area contributed by atoms with Gasteiger partial charge in [0.2, 0.25) is 5.95 Å². The van der Waals surface area contributed by atoms with Gasteiger partial charge in [0.15, 0.2) is 11.9 Å². The van der Waals surface area contributed by atoms with Gasteiger partial charge in [-0.25, -0.2) is 0 Å². The Hall–Kier alpha value is -3.94. The molecule has 0 spiro atoms. The van der Waals surface area contributed by atoms with Crippen molar-refractivity contribution in [3.8, 4) is 17.1 Å². The highest BCUT2D eigenvalue weighted by Crippen LogP contribution is 2.19. The summed E-state index contributed by atoms with van der Waals surface area (Å²) in [7, 11) is 0. The summed E-state index contributed by atoms with van der Waals surface area (Å²) >= 11 is 0. The maximum Gasteiger partial charge on any atom is 0.290 e. The monoisotopic (exact) mass is 389 g/mol. The van der Waals surface area contributed by atoms with E-state index >= 15 is 0 Å². The lowest BCUT2D eigenvalue weighted by atomic mass is 10.3.